The largest absolute Gasteiger partial charge is 0.394 e. The number of nitrogens with one attached hydrogen (secondary N) is 2. The summed E-state index contributed by atoms with van der Waals surface area (Å²) in [4.78, 5) is 12.1. The number of anilines is 1. The fourth-order valence-electron chi connectivity index (χ4n) is 2.28. The number of fused-ring (bicyclic) bond motifs is 1. The Balaban J connectivity index is 1.86. The summed E-state index contributed by atoms with van der Waals surface area (Å²) in [6.07, 6.45) is 0.806. The molecule has 1 heterocycles. The first kappa shape index (κ1) is 13.8. The van der Waals surface area contributed by atoms with Gasteiger partial charge in [0.2, 0.25) is 5.91 Å². The molecule has 0 radical (unpaired) electrons. The van der Waals surface area contributed by atoms with Crippen LogP contribution in [-0.2, 0) is 9.53 Å². The Morgan fingerprint density at radius 2 is 2.26 bits per heavy atom. The quantitative estimate of drug-likeness (QED) is 0.662. The van der Waals surface area contributed by atoms with Crippen molar-refractivity contribution in [3.05, 3.63) is 29.8 Å². The average Bonchev–Trinajstić information content (AvgIpc) is 2.46. The second kappa shape index (κ2) is 7.11. The summed E-state index contributed by atoms with van der Waals surface area (Å²) >= 11 is 0. The maximum absolute atomic E-state index is 12.1. The van der Waals surface area contributed by atoms with E-state index in [1.807, 2.05) is 24.3 Å². The number of aliphatic hydroxyl groups is 1. The van der Waals surface area contributed by atoms with Crippen molar-refractivity contribution in [2.75, 3.05) is 38.2 Å². The van der Waals surface area contributed by atoms with Crippen molar-refractivity contribution in [2.24, 2.45) is 0 Å². The van der Waals surface area contributed by atoms with E-state index in [1.165, 1.54) is 0 Å². The molecule has 0 aliphatic carbocycles. The highest BCUT2D eigenvalue weighted by Gasteiger charge is 2.25. The molecule has 5 heteroatoms. The second-order valence-corrected chi connectivity index (χ2v) is 4.48. The average molecular weight is 264 g/mol. The first-order valence-electron chi connectivity index (χ1n) is 6.62. The molecule has 19 heavy (non-hydrogen) atoms. The zero-order chi connectivity index (χ0) is 13.5. The van der Waals surface area contributed by atoms with E-state index in [9.17, 15) is 4.79 Å². The van der Waals surface area contributed by atoms with Crippen molar-refractivity contribution >= 4 is 11.6 Å². The molecular formula is C14H20N2O3. The highest BCUT2D eigenvalue weighted by molar-refractivity contribution is 5.86. The monoisotopic (exact) mass is 264 g/mol. The molecule has 0 bridgehead atoms. The number of aliphatic hydroxyl groups excluding tert-OH is 1. The Labute approximate surface area is 113 Å². The van der Waals surface area contributed by atoms with E-state index in [4.69, 9.17) is 9.84 Å². The smallest absolute Gasteiger partial charge is 0.227 e. The first-order chi connectivity index (χ1) is 9.33. The highest BCUT2D eigenvalue weighted by Crippen LogP contribution is 2.31. The zero-order valence-electron chi connectivity index (χ0n) is 10.9. The lowest BCUT2D eigenvalue weighted by Gasteiger charge is -2.25. The van der Waals surface area contributed by atoms with Gasteiger partial charge in [-0.3, -0.25) is 4.79 Å². The highest BCUT2D eigenvalue weighted by atomic mass is 16.5. The predicted molar refractivity (Wildman–Crippen MR) is 73.2 cm³/mol. The molecular weight excluding hydrogens is 244 g/mol. The summed E-state index contributed by atoms with van der Waals surface area (Å²) in [5, 5.41) is 14.7. The van der Waals surface area contributed by atoms with Crippen molar-refractivity contribution in [1.82, 2.24) is 5.32 Å². The summed E-state index contributed by atoms with van der Waals surface area (Å²) < 4.78 is 5.11. The molecule has 0 saturated carbocycles. The molecule has 0 fully saturated rings. The van der Waals surface area contributed by atoms with E-state index in [2.05, 4.69) is 10.6 Å². The number of benzene rings is 1. The zero-order valence-corrected chi connectivity index (χ0v) is 10.9. The van der Waals surface area contributed by atoms with Crippen LogP contribution < -0.4 is 10.6 Å². The Hall–Kier alpha value is -1.59. The molecule has 2 rings (SSSR count). The van der Waals surface area contributed by atoms with E-state index in [-0.39, 0.29) is 18.4 Å². The van der Waals surface area contributed by atoms with Gasteiger partial charge in [0.25, 0.3) is 0 Å². The van der Waals surface area contributed by atoms with E-state index in [0.717, 1.165) is 24.2 Å². The lowest BCUT2D eigenvalue weighted by Crippen LogP contribution is -2.35. The molecule has 104 valence electrons. The molecule has 1 aliphatic rings. The summed E-state index contributed by atoms with van der Waals surface area (Å²) in [6, 6.07) is 7.92. The van der Waals surface area contributed by atoms with Crippen LogP contribution >= 0.6 is 0 Å². The van der Waals surface area contributed by atoms with Gasteiger partial charge in [0.05, 0.1) is 25.7 Å². The van der Waals surface area contributed by atoms with Crippen molar-refractivity contribution in [3.8, 4) is 0 Å². The van der Waals surface area contributed by atoms with Crippen molar-refractivity contribution in [3.63, 3.8) is 0 Å². The molecule has 1 aromatic rings. The number of carbonyl (C=O) groups is 1. The number of hydrogen-bond acceptors (Lipinski definition) is 4. The van der Waals surface area contributed by atoms with Crippen LogP contribution in [0, 0.1) is 0 Å². The molecule has 1 amide bonds. The lowest BCUT2D eigenvalue weighted by atomic mass is 9.90. The fraction of sp³-hybridized carbons (Fsp3) is 0.500. The van der Waals surface area contributed by atoms with Gasteiger partial charge in [-0.25, -0.2) is 0 Å². The maximum atomic E-state index is 12.1. The molecule has 0 aromatic heterocycles. The van der Waals surface area contributed by atoms with Crippen LogP contribution in [0.3, 0.4) is 0 Å². The predicted octanol–water partition coefficient (Wildman–Crippen LogP) is 0.711. The standard InChI is InChI=1S/C14H20N2O3/c17-8-10-19-9-7-16-14(18)12-5-6-15-13-4-2-1-3-11(12)13/h1-4,12,15,17H,5-10H2,(H,16,18). The van der Waals surface area contributed by atoms with E-state index in [0.29, 0.717) is 19.8 Å². The van der Waals surface area contributed by atoms with Crippen LogP contribution in [0.2, 0.25) is 0 Å². The molecule has 0 spiro atoms. The van der Waals surface area contributed by atoms with E-state index in [1.54, 1.807) is 0 Å². The summed E-state index contributed by atoms with van der Waals surface area (Å²) in [7, 11) is 0. The third kappa shape index (κ3) is 3.68. The fourth-order valence-corrected chi connectivity index (χ4v) is 2.28. The first-order valence-corrected chi connectivity index (χ1v) is 6.62. The molecule has 1 unspecified atom stereocenters. The van der Waals surface area contributed by atoms with Gasteiger partial charge in [0.1, 0.15) is 0 Å². The van der Waals surface area contributed by atoms with Gasteiger partial charge in [-0.1, -0.05) is 18.2 Å². The Bertz CT molecular complexity index is 423. The molecule has 5 nitrogen and oxygen atoms in total. The number of hydrogen-bond donors (Lipinski definition) is 3. The van der Waals surface area contributed by atoms with Crippen molar-refractivity contribution in [2.45, 2.75) is 12.3 Å². The number of rotatable bonds is 6. The number of carbonyl (C=O) groups excluding carboxylic acids is 1. The topological polar surface area (TPSA) is 70.6 Å². The van der Waals surface area contributed by atoms with Gasteiger partial charge in [-0.15, -0.1) is 0 Å². The summed E-state index contributed by atoms with van der Waals surface area (Å²) in [6.45, 7) is 2.04. The molecule has 1 aliphatic heterocycles. The Morgan fingerprint density at radius 3 is 3.11 bits per heavy atom. The SMILES string of the molecule is O=C(NCCOCCO)C1CCNc2ccccc21. The van der Waals surface area contributed by atoms with Gasteiger partial charge in [0.15, 0.2) is 0 Å². The van der Waals surface area contributed by atoms with Gasteiger partial charge in [0, 0.05) is 18.8 Å². The van der Waals surface area contributed by atoms with Gasteiger partial charge < -0.3 is 20.5 Å². The summed E-state index contributed by atoms with van der Waals surface area (Å²) in [5.41, 5.74) is 2.10. The third-order valence-corrected chi connectivity index (χ3v) is 3.18. The van der Waals surface area contributed by atoms with Crippen LogP contribution in [0.4, 0.5) is 5.69 Å². The third-order valence-electron chi connectivity index (χ3n) is 3.18. The molecule has 3 N–H and O–H groups in total. The Kier molecular flexibility index (Phi) is 5.18. The second-order valence-electron chi connectivity index (χ2n) is 4.48. The van der Waals surface area contributed by atoms with Gasteiger partial charge in [-0.2, -0.15) is 0 Å². The number of amides is 1. The maximum Gasteiger partial charge on any atom is 0.227 e. The van der Waals surface area contributed by atoms with Gasteiger partial charge in [-0.05, 0) is 18.1 Å². The minimum absolute atomic E-state index is 0.00954. The molecule has 1 atom stereocenters. The van der Waals surface area contributed by atoms with Crippen LogP contribution in [-0.4, -0.2) is 43.9 Å². The number of ether oxygens (including phenoxy) is 1. The van der Waals surface area contributed by atoms with Crippen molar-refractivity contribution < 1.29 is 14.6 Å². The Morgan fingerprint density at radius 1 is 1.42 bits per heavy atom. The lowest BCUT2D eigenvalue weighted by molar-refractivity contribution is -0.123. The minimum atomic E-state index is -0.0877. The normalized spacial score (nSPS) is 17.4. The minimum Gasteiger partial charge on any atom is -0.394 e. The van der Waals surface area contributed by atoms with Crippen LogP contribution in [0.5, 0.6) is 0 Å². The van der Waals surface area contributed by atoms with E-state index < -0.39 is 0 Å². The van der Waals surface area contributed by atoms with Gasteiger partial charge >= 0.3 is 0 Å². The summed E-state index contributed by atoms with van der Waals surface area (Å²) in [5.74, 6) is -0.0446. The van der Waals surface area contributed by atoms with Crippen LogP contribution in [0.15, 0.2) is 24.3 Å². The van der Waals surface area contributed by atoms with Crippen LogP contribution in [0.25, 0.3) is 0 Å². The molecule has 1 aromatic carbocycles. The van der Waals surface area contributed by atoms with E-state index >= 15 is 0 Å². The number of para-hydroxylation sites is 1. The molecule has 0 saturated heterocycles. The van der Waals surface area contributed by atoms with Crippen LogP contribution in [0.1, 0.15) is 17.9 Å². The van der Waals surface area contributed by atoms with Crippen molar-refractivity contribution in [1.29, 1.82) is 0 Å².